The van der Waals surface area contributed by atoms with E-state index in [9.17, 15) is 5.21 Å². The maximum absolute atomic E-state index is 10.1. The first-order valence-electron chi connectivity index (χ1n) is 2.37. The van der Waals surface area contributed by atoms with Crippen LogP contribution in [0.15, 0.2) is 6.20 Å². The van der Waals surface area contributed by atoms with E-state index in [4.69, 9.17) is 23.2 Å². The van der Waals surface area contributed by atoms with E-state index >= 15 is 0 Å². The molecule has 1 aromatic rings. The van der Waals surface area contributed by atoms with E-state index < -0.39 is 0 Å². The molecule has 0 fully saturated rings. The van der Waals surface area contributed by atoms with Gasteiger partial charge in [-0.15, -0.1) is 0 Å². The second-order valence-corrected chi connectivity index (χ2v) is 2.20. The molecule has 1 aromatic heterocycles. The first-order valence-corrected chi connectivity index (χ1v) is 3.13. The lowest BCUT2D eigenvalue weighted by molar-refractivity contribution is -0.497. The van der Waals surface area contributed by atoms with Crippen molar-refractivity contribution in [3.63, 3.8) is 0 Å². The van der Waals surface area contributed by atoms with Gasteiger partial charge in [0, 0.05) is 0 Å². The molecule has 0 bridgehead atoms. The first-order chi connectivity index (χ1) is 4.74. The van der Waals surface area contributed by atoms with Crippen LogP contribution in [-0.4, -0.2) is 9.97 Å². The Morgan fingerprint density at radius 2 is 2.20 bits per heavy atom. The van der Waals surface area contributed by atoms with Crippen molar-refractivity contribution in [1.82, 2.24) is 9.97 Å². The fourth-order valence-corrected chi connectivity index (χ4v) is 0.780. The summed E-state index contributed by atoms with van der Waals surface area (Å²) in [6.07, 6.45) is 1.27. The molecule has 0 aliphatic rings. The molecule has 4 nitrogen and oxygen atoms in total. The average molecular weight is 180 g/mol. The second-order valence-electron chi connectivity index (χ2n) is 1.50. The summed E-state index contributed by atoms with van der Waals surface area (Å²) in [6.45, 7) is 0. The Labute approximate surface area is 66.8 Å². The number of nitrogens with zero attached hydrogens (tertiary/aromatic N) is 2. The van der Waals surface area contributed by atoms with Gasteiger partial charge in [-0.3, -0.25) is 0 Å². The van der Waals surface area contributed by atoms with Gasteiger partial charge >= 0.3 is 0 Å². The summed E-state index contributed by atoms with van der Waals surface area (Å²) in [7, 11) is 0. The minimum atomic E-state index is 0.0376. The predicted molar refractivity (Wildman–Crippen MR) is 37.0 cm³/mol. The van der Waals surface area contributed by atoms with Gasteiger partial charge in [0.05, 0.1) is 6.20 Å². The van der Waals surface area contributed by atoms with Gasteiger partial charge in [-0.2, -0.15) is 4.98 Å². The molecule has 0 saturated carbocycles. The van der Waals surface area contributed by atoms with Crippen LogP contribution in [-0.2, 0) is 0 Å². The summed E-state index contributed by atoms with van der Waals surface area (Å²) in [5.74, 6) is 0. The molecule has 0 unspecified atom stereocenters. The van der Waals surface area contributed by atoms with Crippen LogP contribution >= 0.6 is 23.2 Å². The number of halogens is 2. The van der Waals surface area contributed by atoms with Crippen molar-refractivity contribution in [2.45, 2.75) is 0 Å². The Balaban J connectivity index is 3.07. The fraction of sp³-hybridized carbons (Fsp3) is 0. The topological polar surface area (TPSA) is 65.5 Å². The number of aromatic nitrogens is 2. The first kappa shape index (κ1) is 7.68. The molecule has 1 rings (SSSR count). The smallest absolute Gasteiger partial charge is 0.224 e. The number of quaternary nitrogens is 1. The SMILES string of the molecule is [O-][NH2+]c1cnc(Cl)nc1Cl. The Hall–Kier alpha value is -0.420. The Bertz CT molecular complexity index is 242. The minimum absolute atomic E-state index is 0.0376. The molecule has 6 heteroatoms. The molecule has 0 radical (unpaired) electrons. The van der Waals surface area contributed by atoms with Crippen LogP contribution < -0.4 is 5.48 Å². The largest absolute Gasteiger partial charge is 0.630 e. The van der Waals surface area contributed by atoms with Crippen LogP contribution in [0.2, 0.25) is 10.4 Å². The average Bonchev–Trinajstić information content (AvgIpc) is 1.88. The zero-order valence-electron chi connectivity index (χ0n) is 4.71. The molecule has 0 saturated heterocycles. The molecule has 0 amide bonds. The van der Waals surface area contributed by atoms with Gasteiger partial charge in [0.25, 0.3) is 0 Å². The highest BCUT2D eigenvalue weighted by atomic mass is 35.5. The van der Waals surface area contributed by atoms with Gasteiger partial charge in [-0.25, -0.2) is 4.98 Å². The second kappa shape index (κ2) is 3.12. The highest BCUT2D eigenvalue weighted by molar-refractivity contribution is 6.33. The predicted octanol–water partition coefficient (Wildman–Crippen LogP) is 0.476. The van der Waals surface area contributed by atoms with Gasteiger partial charge < -0.3 is 10.7 Å². The van der Waals surface area contributed by atoms with Crippen molar-refractivity contribution >= 4 is 28.9 Å². The van der Waals surface area contributed by atoms with Crippen LogP contribution in [0.1, 0.15) is 0 Å². The molecule has 0 atom stereocenters. The number of hydrogen-bond donors (Lipinski definition) is 1. The van der Waals surface area contributed by atoms with Crippen molar-refractivity contribution in [3.05, 3.63) is 21.8 Å². The highest BCUT2D eigenvalue weighted by Crippen LogP contribution is 2.13. The van der Waals surface area contributed by atoms with E-state index in [2.05, 4.69) is 9.97 Å². The maximum Gasteiger partial charge on any atom is 0.224 e. The van der Waals surface area contributed by atoms with E-state index in [1.165, 1.54) is 6.20 Å². The summed E-state index contributed by atoms with van der Waals surface area (Å²) < 4.78 is 0. The molecule has 0 aromatic carbocycles. The molecule has 0 aliphatic carbocycles. The van der Waals surface area contributed by atoms with Crippen LogP contribution in [0.5, 0.6) is 0 Å². The lowest BCUT2D eigenvalue weighted by atomic mass is 10.6. The number of hydrogen-bond acceptors (Lipinski definition) is 3. The summed E-state index contributed by atoms with van der Waals surface area (Å²) in [5.41, 5.74) is 0.810. The Kier molecular flexibility index (Phi) is 2.39. The molecule has 1 heterocycles. The van der Waals surface area contributed by atoms with Gasteiger partial charge in [0.1, 0.15) is 0 Å². The zero-order chi connectivity index (χ0) is 7.56. The third-order valence-electron chi connectivity index (χ3n) is 0.866. The highest BCUT2D eigenvalue weighted by Gasteiger charge is 2.02. The number of rotatable bonds is 1. The zero-order valence-corrected chi connectivity index (χ0v) is 6.23. The van der Waals surface area contributed by atoms with E-state index in [1.54, 1.807) is 0 Å². The van der Waals surface area contributed by atoms with Crippen molar-refractivity contribution < 1.29 is 5.48 Å². The standard InChI is InChI=1S/C4H3Cl2N3O/c5-3-2(9-10)1-7-4(6)8-3/h1H,9H2. The van der Waals surface area contributed by atoms with Crippen LogP contribution in [0, 0.1) is 5.21 Å². The van der Waals surface area contributed by atoms with Crippen LogP contribution in [0.4, 0.5) is 5.69 Å². The van der Waals surface area contributed by atoms with Gasteiger partial charge in [-0.1, -0.05) is 11.6 Å². The monoisotopic (exact) mass is 179 g/mol. The van der Waals surface area contributed by atoms with Crippen molar-refractivity contribution in [1.29, 1.82) is 0 Å². The summed E-state index contributed by atoms with van der Waals surface area (Å²) in [5, 5.41) is 10.2. The van der Waals surface area contributed by atoms with E-state index in [-0.39, 0.29) is 16.1 Å². The molecular formula is C4H3Cl2N3O. The molecular weight excluding hydrogens is 177 g/mol. The van der Waals surface area contributed by atoms with E-state index in [0.717, 1.165) is 0 Å². The van der Waals surface area contributed by atoms with E-state index in [0.29, 0.717) is 5.48 Å². The lowest BCUT2D eigenvalue weighted by Crippen LogP contribution is -2.70. The van der Waals surface area contributed by atoms with Crippen LogP contribution in [0.3, 0.4) is 0 Å². The normalized spacial score (nSPS) is 9.90. The Morgan fingerprint density at radius 1 is 1.50 bits per heavy atom. The molecule has 10 heavy (non-hydrogen) atoms. The van der Waals surface area contributed by atoms with Crippen molar-refractivity contribution in [2.24, 2.45) is 0 Å². The maximum atomic E-state index is 10.1. The Morgan fingerprint density at radius 3 is 2.70 bits per heavy atom. The summed E-state index contributed by atoms with van der Waals surface area (Å²) >= 11 is 10.8. The van der Waals surface area contributed by atoms with Gasteiger partial charge in [0.15, 0.2) is 10.8 Å². The molecule has 2 N–H and O–H groups in total. The quantitative estimate of drug-likeness (QED) is 0.388. The third-order valence-corrected chi connectivity index (χ3v) is 1.35. The minimum Gasteiger partial charge on any atom is -0.630 e. The third kappa shape index (κ3) is 1.54. The van der Waals surface area contributed by atoms with Crippen LogP contribution in [0.25, 0.3) is 0 Å². The molecule has 0 aliphatic heterocycles. The fourth-order valence-electron chi connectivity index (χ4n) is 0.430. The number of nitrogens with two attached hydrogens (primary N) is 1. The van der Waals surface area contributed by atoms with Gasteiger partial charge in [-0.05, 0) is 11.6 Å². The molecule has 54 valence electrons. The van der Waals surface area contributed by atoms with Crippen molar-refractivity contribution in [2.75, 3.05) is 0 Å². The van der Waals surface area contributed by atoms with Crippen molar-refractivity contribution in [3.8, 4) is 0 Å². The van der Waals surface area contributed by atoms with E-state index in [1.807, 2.05) is 0 Å². The van der Waals surface area contributed by atoms with Gasteiger partial charge in [0.2, 0.25) is 5.28 Å². The summed E-state index contributed by atoms with van der Waals surface area (Å²) in [6, 6.07) is 0. The molecule has 0 spiro atoms. The lowest BCUT2D eigenvalue weighted by Gasteiger charge is -2.00. The summed E-state index contributed by atoms with van der Waals surface area (Å²) in [4.78, 5) is 7.08.